The van der Waals surface area contributed by atoms with E-state index in [1.807, 2.05) is 13.1 Å². The summed E-state index contributed by atoms with van der Waals surface area (Å²) >= 11 is 5.83. The first-order chi connectivity index (χ1) is 10.5. The number of rotatable bonds is 2. The van der Waals surface area contributed by atoms with Crippen molar-refractivity contribution in [3.63, 3.8) is 0 Å². The molecular weight excluding hydrogens is 310 g/mol. The van der Waals surface area contributed by atoms with Crippen LogP contribution in [-0.4, -0.2) is 39.2 Å². The zero-order chi connectivity index (χ0) is 16.1. The number of nitrogens with one attached hydrogen (secondary N) is 3. The molecule has 3 N–H and O–H groups in total. The summed E-state index contributed by atoms with van der Waals surface area (Å²) in [7, 11) is 0. The molecule has 1 atom stereocenters. The molecule has 116 valence electrons. The molecule has 1 fully saturated rings. The second-order valence-corrected chi connectivity index (χ2v) is 5.01. The SMILES string of the molecule is Cc1c[nH]c2ncnc(Cl)c12.O=CNC1CCC(=O)NC1=O. The van der Waals surface area contributed by atoms with Crippen LogP contribution in [-0.2, 0) is 14.4 Å². The molecule has 9 heteroatoms. The summed E-state index contributed by atoms with van der Waals surface area (Å²) in [6.45, 7) is 1.97. The predicted octanol–water partition coefficient (Wildman–Crippen LogP) is 0.457. The number of halogens is 1. The summed E-state index contributed by atoms with van der Waals surface area (Å²) in [6.07, 6.45) is 4.45. The van der Waals surface area contributed by atoms with Gasteiger partial charge >= 0.3 is 0 Å². The van der Waals surface area contributed by atoms with E-state index < -0.39 is 11.9 Å². The van der Waals surface area contributed by atoms with E-state index in [4.69, 9.17) is 11.6 Å². The van der Waals surface area contributed by atoms with Crippen LogP contribution in [0.5, 0.6) is 0 Å². The van der Waals surface area contributed by atoms with E-state index in [-0.39, 0.29) is 12.3 Å². The van der Waals surface area contributed by atoms with Crippen molar-refractivity contribution in [3.05, 3.63) is 23.2 Å². The lowest BCUT2D eigenvalue weighted by Gasteiger charge is -2.19. The minimum Gasteiger partial charge on any atom is -0.347 e. The van der Waals surface area contributed by atoms with Gasteiger partial charge in [-0.2, -0.15) is 0 Å². The first-order valence-electron chi connectivity index (χ1n) is 6.50. The average Bonchev–Trinajstić information content (AvgIpc) is 2.86. The zero-order valence-corrected chi connectivity index (χ0v) is 12.5. The number of H-pyrrole nitrogens is 1. The number of amides is 3. The van der Waals surface area contributed by atoms with Crippen LogP contribution in [0.1, 0.15) is 18.4 Å². The van der Waals surface area contributed by atoms with Crippen molar-refractivity contribution in [3.8, 4) is 0 Å². The Kier molecular flexibility index (Phi) is 5.05. The Labute approximate surface area is 130 Å². The van der Waals surface area contributed by atoms with Gasteiger partial charge in [-0.05, 0) is 18.9 Å². The molecule has 3 heterocycles. The number of hydrogen-bond acceptors (Lipinski definition) is 5. The quantitative estimate of drug-likeness (QED) is 0.421. The van der Waals surface area contributed by atoms with E-state index in [2.05, 4.69) is 25.6 Å². The Hall–Kier alpha value is -2.48. The molecule has 1 aliphatic rings. The van der Waals surface area contributed by atoms with Gasteiger partial charge in [-0.1, -0.05) is 11.6 Å². The van der Waals surface area contributed by atoms with E-state index >= 15 is 0 Å². The van der Waals surface area contributed by atoms with Gasteiger partial charge < -0.3 is 10.3 Å². The smallest absolute Gasteiger partial charge is 0.249 e. The predicted molar refractivity (Wildman–Crippen MR) is 79.0 cm³/mol. The lowest BCUT2D eigenvalue weighted by atomic mass is 10.1. The van der Waals surface area contributed by atoms with Crippen LogP contribution in [0.2, 0.25) is 5.15 Å². The highest BCUT2D eigenvalue weighted by molar-refractivity contribution is 6.34. The molecule has 0 aliphatic carbocycles. The van der Waals surface area contributed by atoms with Gasteiger partial charge in [-0.15, -0.1) is 0 Å². The van der Waals surface area contributed by atoms with Gasteiger partial charge in [-0.3, -0.25) is 19.7 Å². The van der Waals surface area contributed by atoms with Crippen LogP contribution >= 0.6 is 11.6 Å². The van der Waals surface area contributed by atoms with Crippen molar-refractivity contribution in [1.82, 2.24) is 25.6 Å². The maximum atomic E-state index is 10.8. The van der Waals surface area contributed by atoms with Gasteiger partial charge in [0, 0.05) is 12.6 Å². The largest absolute Gasteiger partial charge is 0.347 e. The molecule has 1 saturated heterocycles. The number of carbonyl (C=O) groups is 3. The van der Waals surface area contributed by atoms with Gasteiger partial charge in [-0.25, -0.2) is 9.97 Å². The monoisotopic (exact) mass is 323 g/mol. The minimum atomic E-state index is -0.537. The van der Waals surface area contributed by atoms with Gasteiger partial charge in [0.15, 0.2) is 0 Å². The van der Waals surface area contributed by atoms with Crippen molar-refractivity contribution in [2.75, 3.05) is 0 Å². The van der Waals surface area contributed by atoms with Gasteiger partial charge in [0.1, 0.15) is 23.2 Å². The lowest BCUT2D eigenvalue weighted by Crippen LogP contribution is -2.50. The Bertz CT molecular complexity index is 715. The first-order valence-corrected chi connectivity index (χ1v) is 6.88. The molecule has 2 aromatic heterocycles. The number of piperidine rings is 1. The molecule has 2 aromatic rings. The number of aromatic nitrogens is 3. The third-order valence-corrected chi connectivity index (χ3v) is 3.42. The highest BCUT2D eigenvalue weighted by Gasteiger charge is 2.25. The zero-order valence-electron chi connectivity index (χ0n) is 11.7. The molecule has 8 nitrogen and oxygen atoms in total. The van der Waals surface area contributed by atoms with Crippen molar-refractivity contribution in [2.24, 2.45) is 0 Å². The molecular formula is C13H14ClN5O3. The van der Waals surface area contributed by atoms with Crippen LogP contribution in [0.25, 0.3) is 11.0 Å². The average molecular weight is 324 g/mol. The third-order valence-electron chi connectivity index (χ3n) is 3.13. The second kappa shape index (κ2) is 6.99. The van der Waals surface area contributed by atoms with Crippen molar-refractivity contribution in [2.45, 2.75) is 25.8 Å². The molecule has 0 saturated carbocycles. The Morgan fingerprint density at radius 2 is 2.18 bits per heavy atom. The number of nitrogens with zero attached hydrogens (tertiary/aromatic N) is 2. The van der Waals surface area contributed by atoms with Gasteiger partial charge in [0.05, 0.1) is 5.39 Å². The van der Waals surface area contributed by atoms with Crippen LogP contribution in [0.15, 0.2) is 12.5 Å². The summed E-state index contributed by atoms with van der Waals surface area (Å²) in [5.41, 5.74) is 1.87. The maximum absolute atomic E-state index is 10.8. The Balaban J connectivity index is 0.000000160. The highest BCUT2D eigenvalue weighted by Crippen LogP contribution is 2.21. The van der Waals surface area contributed by atoms with Gasteiger partial charge in [0.2, 0.25) is 18.2 Å². The van der Waals surface area contributed by atoms with Crippen molar-refractivity contribution < 1.29 is 14.4 Å². The van der Waals surface area contributed by atoms with Crippen molar-refractivity contribution in [1.29, 1.82) is 0 Å². The topological polar surface area (TPSA) is 117 Å². The molecule has 0 aromatic carbocycles. The fraction of sp³-hybridized carbons (Fsp3) is 0.308. The standard InChI is InChI=1S/C7H6ClN3.C6H8N2O3/c1-4-2-9-7-5(4)6(8)10-3-11-7;9-3-7-4-1-2-5(10)8-6(4)11/h2-3H,1H3,(H,9,10,11);3-4H,1-2H2,(H,7,9)(H,8,10,11). The number of carbonyl (C=O) groups excluding carboxylic acids is 3. The normalized spacial score (nSPS) is 17.5. The van der Waals surface area contributed by atoms with E-state index in [1.165, 1.54) is 6.33 Å². The molecule has 22 heavy (non-hydrogen) atoms. The maximum Gasteiger partial charge on any atom is 0.249 e. The van der Waals surface area contributed by atoms with Crippen LogP contribution < -0.4 is 10.6 Å². The molecule has 1 aliphatic heterocycles. The summed E-state index contributed by atoms with van der Waals surface area (Å²) in [4.78, 5) is 42.2. The Morgan fingerprint density at radius 1 is 1.41 bits per heavy atom. The number of hydrogen-bond donors (Lipinski definition) is 3. The van der Waals surface area contributed by atoms with Crippen LogP contribution in [0.3, 0.4) is 0 Å². The lowest BCUT2D eigenvalue weighted by molar-refractivity contribution is -0.135. The number of aromatic amines is 1. The van der Waals surface area contributed by atoms with Crippen molar-refractivity contribution >= 4 is 40.9 Å². The fourth-order valence-corrected chi connectivity index (χ4v) is 2.29. The van der Waals surface area contributed by atoms with Crippen LogP contribution in [0.4, 0.5) is 0 Å². The fourth-order valence-electron chi connectivity index (χ4n) is 2.01. The number of fused-ring (bicyclic) bond motifs is 1. The number of aryl methyl sites for hydroxylation is 1. The van der Waals surface area contributed by atoms with E-state index in [0.29, 0.717) is 18.0 Å². The highest BCUT2D eigenvalue weighted by atomic mass is 35.5. The van der Waals surface area contributed by atoms with E-state index in [1.54, 1.807) is 0 Å². The molecule has 1 unspecified atom stereocenters. The van der Waals surface area contributed by atoms with E-state index in [9.17, 15) is 14.4 Å². The molecule has 3 amide bonds. The summed E-state index contributed by atoms with van der Waals surface area (Å²) < 4.78 is 0. The second-order valence-electron chi connectivity index (χ2n) is 4.65. The third kappa shape index (κ3) is 3.59. The summed E-state index contributed by atoms with van der Waals surface area (Å²) in [6, 6.07) is -0.537. The Morgan fingerprint density at radius 3 is 2.82 bits per heavy atom. The van der Waals surface area contributed by atoms with Gasteiger partial charge in [0.25, 0.3) is 0 Å². The summed E-state index contributed by atoms with van der Waals surface area (Å²) in [5, 5.41) is 5.84. The van der Waals surface area contributed by atoms with E-state index in [0.717, 1.165) is 16.6 Å². The minimum absolute atomic E-state index is 0.279. The first kappa shape index (κ1) is 15.9. The molecule has 0 bridgehead atoms. The number of imide groups is 1. The molecule has 0 radical (unpaired) electrons. The molecule has 3 rings (SSSR count). The van der Waals surface area contributed by atoms with Crippen LogP contribution in [0, 0.1) is 6.92 Å². The summed E-state index contributed by atoms with van der Waals surface area (Å²) in [5.74, 6) is -0.702. The molecule has 0 spiro atoms.